The first kappa shape index (κ1) is 14.8. The van der Waals surface area contributed by atoms with Crippen LogP contribution in [0.5, 0.6) is 0 Å². The van der Waals surface area contributed by atoms with Crippen LogP contribution in [0.1, 0.15) is 31.2 Å². The fourth-order valence-electron chi connectivity index (χ4n) is 2.14. The van der Waals surface area contributed by atoms with Gasteiger partial charge in [0.2, 0.25) is 0 Å². The molecule has 108 valence electrons. The van der Waals surface area contributed by atoms with Gasteiger partial charge in [-0.3, -0.25) is 0 Å². The highest BCUT2D eigenvalue weighted by molar-refractivity contribution is 5.33. The fraction of sp³-hybridized carbons (Fsp3) is 0.438. The average Bonchev–Trinajstić information content (AvgIpc) is 3.01. The molecule has 0 unspecified atom stereocenters. The van der Waals surface area contributed by atoms with Crippen molar-refractivity contribution in [3.8, 4) is 5.69 Å². The molecule has 1 aromatic carbocycles. The lowest BCUT2D eigenvalue weighted by atomic mass is 10.2. The van der Waals surface area contributed by atoms with Crippen molar-refractivity contribution in [2.24, 2.45) is 0 Å². The molecule has 0 aliphatic rings. The molecule has 0 aliphatic carbocycles. The maximum absolute atomic E-state index is 8.69. The lowest BCUT2D eigenvalue weighted by Crippen LogP contribution is -2.14. The Labute approximate surface area is 120 Å². The summed E-state index contributed by atoms with van der Waals surface area (Å²) in [5, 5.41) is 16.3. The largest absolute Gasteiger partial charge is 0.396 e. The summed E-state index contributed by atoms with van der Waals surface area (Å²) in [6.45, 7) is 2.25. The van der Waals surface area contributed by atoms with Crippen molar-refractivity contribution in [1.29, 1.82) is 0 Å². The molecule has 1 heterocycles. The van der Waals surface area contributed by atoms with Crippen LogP contribution in [0.25, 0.3) is 5.69 Å². The summed E-state index contributed by atoms with van der Waals surface area (Å²) in [6, 6.07) is 10.4. The van der Waals surface area contributed by atoms with Crippen LogP contribution in [0, 0.1) is 0 Å². The number of aliphatic hydroxyl groups is 1. The van der Waals surface area contributed by atoms with Crippen LogP contribution in [-0.4, -0.2) is 28.0 Å². The molecule has 4 nitrogen and oxygen atoms in total. The van der Waals surface area contributed by atoms with Gasteiger partial charge >= 0.3 is 0 Å². The topological polar surface area (TPSA) is 50.1 Å². The minimum atomic E-state index is 0.316. The summed E-state index contributed by atoms with van der Waals surface area (Å²) in [6.07, 6.45) is 8.13. The van der Waals surface area contributed by atoms with Crippen molar-refractivity contribution in [1.82, 2.24) is 15.1 Å². The molecule has 0 atom stereocenters. The molecule has 2 rings (SSSR count). The van der Waals surface area contributed by atoms with E-state index in [1.54, 1.807) is 6.20 Å². The fourth-order valence-corrected chi connectivity index (χ4v) is 2.14. The van der Waals surface area contributed by atoms with E-state index in [0.29, 0.717) is 6.61 Å². The van der Waals surface area contributed by atoms with Gasteiger partial charge in [-0.1, -0.05) is 25.0 Å². The van der Waals surface area contributed by atoms with Crippen molar-refractivity contribution in [3.05, 3.63) is 48.3 Å². The highest BCUT2D eigenvalue weighted by Gasteiger charge is 1.97. The van der Waals surface area contributed by atoms with Gasteiger partial charge in [-0.25, -0.2) is 4.68 Å². The Kier molecular flexibility index (Phi) is 6.27. The third-order valence-corrected chi connectivity index (χ3v) is 3.30. The first-order valence-corrected chi connectivity index (χ1v) is 7.30. The first-order chi connectivity index (χ1) is 9.90. The summed E-state index contributed by atoms with van der Waals surface area (Å²) >= 11 is 0. The van der Waals surface area contributed by atoms with Gasteiger partial charge < -0.3 is 10.4 Å². The van der Waals surface area contributed by atoms with Crippen LogP contribution in [0.3, 0.4) is 0 Å². The highest BCUT2D eigenvalue weighted by atomic mass is 16.2. The Balaban J connectivity index is 1.67. The van der Waals surface area contributed by atoms with Gasteiger partial charge in [0.15, 0.2) is 0 Å². The molecule has 0 fully saturated rings. The molecule has 0 amide bonds. The highest BCUT2D eigenvalue weighted by Crippen LogP contribution is 2.08. The summed E-state index contributed by atoms with van der Waals surface area (Å²) in [4.78, 5) is 0. The molecular formula is C16H23N3O. The number of hydrogen-bond donors (Lipinski definition) is 2. The van der Waals surface area contributed by atoms with E-state index in [1.165, 1.54) is 18.4 Å². The number of nitrogens with zero attached hydrogens (tertiary/aromatic N) is 2. The van der Waals surface area contributed by atoms with E-state index in [2.05, 4.69) is 34.7 Å². The molecule has 2 aromatic rings. The number of aliphatic hydroxyl groups excluding tert-OH is 1. The van der Waals surface area contributed by atoms with Gasteiger partial charge in [-0.05, 0) is 43.1 Å². The number of benzene rings is 1. The lowest BCUT2D eigenvalue weighted by molar-refractivity contribution is 0.282. The number of aromatic nitrogens is 2. The van der Waals surface area contributed by atoms with Crippen LogP contribution < -0.4 is 5.32 Å². The number of hydrogen-bond acceptors (Lipinski definition) is 3. The standard InChI is InChI=1S/C16H23N3O/c20-13-4-2-1-3-10-17-14-15-6-8-16(9-7-15)19-12-5-11-18-19/h5-9,11-12,17,20H,1-4,10,13-14H2. The van der Waals surface area contributed by atoms with Gasteiger partial charge in [0, 0.05) is 25.5 Å². The normalized spacial score (nSPS) is 10.8. The third-order valence-electron chi connectivity index (χ3n) is 3.30. The maximum Gasteiger partial charge on any atom is 0.0645 e. The summed E-state index contributed by atoms with van der Waals surface area (Å²) in [5.74, 6) is 0. The van der Waals surface area contributed by atoms with E-state index in [4.69, 9.17) is 5.11 Å². The minimum absolute atomic E-state index is 0.316. The number of unbranched alkanes of at least 4 members (excludes halogenated alkanes) is 3. The monoisotopic (exact) mass is 273 g/mol. The second kappa shape index (κ2) is 8.51. The predicted molar refractivity (Wildman–Crippen MR) is 80.8 cm³/mol. The van der Waals surface area contributed by atoms with Crippen molar-refractivity contribution < 1.29 is 5.11 Å². The Bertz CT molecular complexity index is 465. The zero-order valence-corrected chi connectivity index (χ0v) is 11.8. The van der Waals surface area contributed by atoms with E-state index in [-0.39, 0.29) is 0 Å². The van der Waals surface area contributed by atoms with Crippen LogP contribution in [-0.2, 0) is 6.54 Å². The summed E-state index contributed by atoms with van der Waals surface area (Å²) < 4.78 is 1.86. The molecule has 0 saturated heterocycles. The second-order valence-corrected chi connectivity index (χ2v) is 4.93. The van der Waals surface area contributed by atoms with Gasteiger partial charge in [-0.2, -0.15) is 5.10 Å². The quantitative estimate of drug-likeness (QED) is 0.690. The zero-order chi connectivity index (χ0) is 14.0. The summed E-state index contributed by atoms with van der Waals surface area (Å²) in [7, 11) is 0. The first-order valence-electron chi connectivity index (χ1n) is 7.30. The molecule has 4 heteroatoms. The minimum Gasteiger partial charge on any atom is -0.396 e. The van der Waals surface area contributed by atoms with Crippen LogP contribution >= 0.6 is 0 Å². The molecule has 1 aromatic heterocycles. The Hall–Kier alpha value is -1.65. The Morgan fingerprint density at radius 3 is 2.55 bits per heavy atom. The molecule has 0 saturated carbocycles. The second-order valence-electron chi connectivity index (χ2n) is 4.93. The van der Waals surface area contributed by atoms with Gasteiger partial charge in [0.1, 0.15) is 0 Å². The SMILES string of the molecule is OCCCCCCNCc1ccc(-n2cccn2)cc1. The van der Waals surface area contributed by atoms with E-state index in [9.17, 15) is 0 Å². The van der Waals surface area contributed by atoms with E-state index >= 15 is 0 Å². The van der Waals surface area contributed by atoms with Crippen molar-refractivity contribution >= 4 is 0 Å². The zero-order valence-electron chi connectivity index (χ0n) is 11.8. The Morgan fingerprint density at radius 2 is 1.85 bits per heavy atom. The van der Waals surface area contributed by atoms with Crippen LogP contribution in [0.2, 0.25) is 0 Å². The third kappa shape index (κ3) is 4.79. The molecule has 0 bridgehead atoms. The molecule has 0 radical (unpaired) electrons. The van der Waals surface area contributed by atoms with E-state index in [0.717, 1.165) is 31.6 Å². The van der Waals surface area contributed by atoms with Gasteiger partial charge in [0.05, 0.1) is 5.69 Å². The number of rotatable bonds is 9. The average molecular weight is 273 g/mol. The van der Waals surface area contributed by atoms with Gasteiger partial charge in [-0.15, -0.1) is 0 Å². The molecule has 0 spiro atoms. The maximum atomic E-state index is 8.69. The van der Waals surface area contributed by atoms with Crippen molar-refractivity contribution in [3.63, 3.8) is 0 Å². The predicted octanol–water partition coefficient (Wildman–Crippen LogP) is 2.51. The smallest absolute Gasteiger partial charge is 0.0645 e. The molecule has 20 heavy (non-hydrogen) atoms. The van der Waals surface area contributed by atoms with Gasteiger partial charge in [0.25, 0.3) is 0 Å². The number of nitrogens with one attached hydrogen (secondary N) is 1. The van der Waals surface area contributed by atoms with Crippen molar-refractivity contribution in [2.75, 3.05) is 13.2 Å². The van der Waals surface area contributed by atoms with E-state index < -0.39 is 0 Å². The molecule has 0 aliphatic heterocycles. The van der Waals surface area contributed by atoms with Crippen molar-refractivity contribution in [2.45, 2.75) is 32.2 Å². The molecular weight excluding hydrogens is 250 g/mol. The molecule has 2 N–H and O–H groups in total. The lowest BCUT2D eigenvalue weighted by Gasteiger charge is -2.06. The Morgan fingerprint density at radius 1 is 1.05 bits per heavy atom. The van der Waals surface area contributed by atoms with Crippen LogP contribution in [0.15, 0.2) is 42.7 Å². The van der Waals surface area contributed by atoms with Crippen LogP contribution in [0.4, 0.5) is 0 Å². The van der Waals surface area contributed by atoms with E-state index in [1.807, 2.05) is 16.9 Å². The summed E-state index contributed by atoms with van der Waals surface area (Å²) in [5.41, 5.74) is 2.37.